The van der Waals surface area contributed by atoms with Crippen LogP contribution in [0.1, 0.15) is 12.3 Å². The minimum atomic E-state index is -0.907. The molecule has 0 amide bonds. The van der Waals surface area contributed by atoms with Gasteiger partial charge in [-0.15, -0.1) is 0 Å². The molecule has 16 heavy (non-hydrogen) atoms. The van der Waals surface area contributed by atoms with E-state index in [1.807, 2.05) is 0 Å². The van der Waals surface area contributed by atoms with E-state index in [-0.39, 0.29) is 24.6 Å². The number of carboxylic acids is 1. The molecule has 0 atom stereocenters. The van der Waals surface area contributed by atoms with Crippen LogP contribution >= 0.6 is 0 Å². The second-order valence-electron chi connectivity index (χ2n) is 2.98. The monoisotopic (exact) mass is 220 g/mol. The van der Waals surface area contributed by atoms with Crippen LogP contribution in [-0.4, -0.2) is 31.2 Å². The fraction of sp³-hybridized carbons (Fsp3) is 0.222. The number of nitrogens with zero attached hydrogens (tertiary/aromatic N) is 4. The highest BCUT2D eigenvalue weighted by atomic mass is 16.5. The van der Waals surface area contributed by atoms with Gasteiger partial charge < -0.3 is 9.63 Å². The molecule has 0 unspecified atom stereocenters. The number of carboxylic acid groups (broad SMARTS) is 1. The van der Waals surface area contributed by atoms with Gasteiger partial charge in [0.05, 0.1) is 6.42 Å². The molecule has 0 spiro atoms. The van der Waals surface area contributed by atoms with Gasteiger partial charge in [0.2, 0.25) is 17.5 Å². The summed E-state index contributed by atoms with van der Waals surface area (Å²) in [5.41, 5.74) is 0. The maximum atomic E-state index is 10.3. The standard InChI is InChI=1S/C9H8N4O3/c14-7(15)3-2-6-12-9(13-16-6)8-10-4-1-5-11-8/h1,4-5H,2-3H2,(H,14,15). The first-order chi connectivity index (χ1) is 7.75. The number of aliphatic carboxylic acids is 1. The molecular formula is C9H8N4O3. The van der Waals surface area contributed by atoms with Gasteiger partial charge in [0.1, 0.15) is 0 Å². The van der Waals surface area contributed by atoms with E-state index in [0.717, 1.165) is 0 Å². The maximum absolute atomic E-state index is 10.3. The van der Waals surface area contributed by atoms with E-state index in [9.17, 15) is 4.79 Å². The summed E-state index contributed by atoms with van der Waals surface area (Å²) in [7, 11) is 0. The van der Waals surface area contributed by atoms with Crippen molar-refractivity contribution in [2.45, 2.75) is 12.8 Å². The third-order valence-electron chi connectivity index (χ3n) is 1.79. The van der Waals surface area contributed by atoms with Crippen LogP contribution in [0.3, 0.4) is 0 Å². The normalized spacial score (nSPS) is 10.2. The average Bonchev–Trinajstić information content (AvgIpc) is 2.76. The number of aryl methyl sites for hydroxylation is 1. The number of rotatable bonds is 4. The Morgan fingerprint density at radius 1 is 1.31 bits per heavy atom. The second-order valence-corrected chi connectivity index (χ2v) is 2.98. The van der Waals surface area contributed by atoms with E-state index >= 15 is 0 Å². The van der Waals surface area contributed by atoms with Crippen LogP contribution in [-0.2, 0) is 11.2 Å². The molecule has 2 heterocycles. The predicted octanol–water partition coefficient (Wildman–Crippen LogP) is 0.544. The van der Waals surface area contributed by atoms with Gasteiger partial charge in [-0.2, -0.15) is 4.98 Å². The Morgan fingerprint density at radius 3 is 2.75 bits per heavy atom. The van der Waals surface area contributed by atoms with Crippen LogP contribution in [0.25, 0.3) is 11.6 Å². The van der Waals surface area contributed by atoms with Crippen molar-refractivity contribution in [3.05, 3.63) is 24.4 Å². The van der Waals surface area contributed by atoms with Gasteiger partial charge in [-0.1, -0.05) is 5.16 Å². The van der Waals surface area contributed by atoms with Crippen molar-refractivity contribution in [3.63, 3.8) is 0 Å². The van der Waals surface area contributed by atoms with E-state index in [4.69, 9.17) is 9.63 Å². The molecule has 1 N–H and O–H groups in total. The van der Waals surface area contributed by atoms with Gasteiger partial charge >= 0.3 is 5.97 Å². The highest BCUT2D eigenvalue weighted by Crippen LogP contribution is 2.09. The Labute approximate surface area is 90.2 Å². The van der Waals surface area contributed by atoms with Gasteiger partial charge in [0.25, 0.3) is 0 Å². The third kappa shape index (κ3) is 2.38. The van der Waals surface area contributed by atoms with Gasteiger partial charge in [-0.25, -0.2) is 9.97 Å². The van der Waals surface area contributed by atoms with Crippen LogP contribution in [0.15, 0.2) is 23.0 Å². The van der Waals surface area contributed by atoms with Crippen molar-refractivity contribution < 1.29 is 14.4 Å². The highest BCUT2D eigenvalue weighted by molar-refractivity contribution is 5.66. The van der Waals surface area contributed by atoms with E-state index in [1.54, 1.807) is 18.5 Å². The number of hydrogen-bond acceptors (Lipinski definition) is 6. The number of aromatic nitrogens is 4. The van der Waals surface area contributed by atoms with Crippen molar-refractivity contribution in [3.8, 4) is 11.6 Å². The Bertz CT molecular complexity index is 483. The summed E-state index contributed by atoms with van der Waals surface area (Å²) in [6.07, 6.45) is 3.29. The summed E-state index contributed by atoms with van der Waals surface area (Å²) >= 11 is 0. The van der Waals surface area contributed by atoms with Crippen LogP contribution in [0, 0.1) is 0 Å². The lowest BCUT2D eigenvalue weighted by molar-refractivity contribution is -0.137. The van der Waals surface area contributed by atoms with Gasteiger partial charge in [-0.05, 0) is 6.07 Å². The Kier molecular flexibility index (Phi) is 2.86. The van der Waals surface area contributed by atoms with Crippen molar-refractivity contribution in [1.82, 2.24) is 20.1 Å². The summed E-state index contributed by atoms with van der Waals surface area (Å²) in [6.45, 7) is 0. The molecule has 0 saturated carbocycles. The second kappa shape index (κ2) is 4.47. The van der Waals surface area contributed by atoms with Crippen LogP contribution in [0.4, 0.5) is 0 Å². The first-order valence-electron chi connectivity index (χ1n) is 4.57. The number of carbonyl (C=O) groups is 1. The highest BCUT2D eigenvalue weighted by Gasteiger charge is 2.11. The molecule has 0 fully saturated rings. The van der Waals surface area contributed by atoms with Gasteiger partial charge in [-0.3, -0.25) is 4.79 Å². The lowest BCUT2D eigenvalue weighted by Crippen LogP contribution is -1.97. The van der Waals surface area contributed by atoms with Crippen LogP contribution in [0.2, 0.25) is 0 Å². The molecule has 7 heteroatoms. The molecule has 2 aromatic heterocycles. The van der Waals surface area contributed by atoms with Crippen LogP contribution in [0.5, 0.6) is 0 Å². The summed E-state index contributed by atoms with van der Waals surface area (Å²) in [5.74, 6) is -0.0191. The fourth-order valence-corrected chi connectivity index (χ4v) is 1.08. The van der Waals surface area contributed by atoms with E-state index in [2.05, 4.69) is 20.1 Å². The topological polar surface area (TPSA) is 102 Å². The van der Waals surface area contributed by atoms with E-state index < -0.39 is 5.97 Å². The molecular weight excluding hydrogens is 212 g/mol. The molecule has 0 aliphatic rings. The summed E-state index contributed by atoms with van der Waals surface area (Å²) in [6, 6.07) is 1.68. The summed E-state index contributed by atoms with van der Waals surface area (Å²) < 4.78 is 4.87. The van der Waals surface area contributed by atoms with Gasteiger partial charge in [0, 0.05) is 18.8 Å². The average molecular weight is 220 g/mol. The third-order valence-corrected chi connectivity index (χ3v) is 1.79. The Hall–Kier alpha value is -2.31. The first-order valence-corrected chi connectivity index (χ1v) is 4.57. The zero-order valence-corrected chi connectivity index (χ0v) is 8.20. The molecule has 82 valence electrons. The quantitative estimate of drug-likeness (QED) is 0.802. The van der Waals surface area contributed by atoms with Crippen LogP contribution < -0.4 is 0 Å². The zero-order valence-electron chi connectivity index (χ0n) is 8.20. The lowest BCUT2D eigenvalue weighted by atomic mass is 10.3. The molecule has 0 bridgehead atoms. The molecule has 7 nitrogen and oxygen atoms in total. The van der Waals surface area contributed by atoms with Crippen molar-refractivity contribution in [2.75, 3.05) is 0 Å². The predicted molar refractivity (Wildman–Crippen MR) is 51.3 cm³/mol. The van der Waals surface area contributed by atoms with Gasteiger partial charge in [0.15, 0.2) is 0 Å². The molecule has 0 aliphatic carbocycles. The smallest absolute Gasteiger partial charge is 0.303 e. The van der Waals surface area contributed by atoms with E-state index in [0.29, 0.717) is 5.82 Å². The van der Waals surface area contributed by atoms with Crippen molar-refractivity contribution >= 4 is 5.97 Å². The Balaban J connectivity index is 2.11. The molecule has 2 rings (SSSR count). The minimum Gasteiger partial charge on any atom is -0.481 e. The first kappa shape index (κ1) is 10.2. The maximum Gasteiger partial charge on any atom is 0.303 e. The number of hydrogen-bond donors (Lipinski definition) is 1. The molecule has 2 aromatic rings. The summed E-state index contributed by atoms with van der Waals surface area (Å²) in [4.78, 5) is 22.2. The summed E-state index contributed by atoms with van der Waals surface area (Å²) in [5, 5.41) is 12.1. The Morgan fingerprint density at radius 2 is 2.06 bits per heavy atom. The molecule has 0 saturated heterocycles. The van der Waals surface area contributed by atoms with Crippen molar-refractivity contribution in [2.24, 2.45) is 0 Å². The largest absolute Gasteiger partial charge is 0.481 e. The SMILES string of the molecule is O=C(O)CCc1nc(-c2ncccn2)no1. The molecule has 0 aliphatic heterocycles. The molecule has 0 aromatic carbocycles. The lowest BCUT2D eigenvalue weighted by Gasteiger charge is -1.89. The minimum absolute atomic E-state index is 0.0444. The fourth-order valence-electron chi connectivity index (χ4n) is 1.08. The zero-order chi connectivity index (χ0) is 11.4. The van der Waals surface area contributed by atoms with E-state index in [1.165, 1.54) is 0 Å². The van der Waals surface area contributed by atoms with Crippen molar-refractivity contribution in [1.29, 1.82) is 0 Å². The molecule has 0 radical (unpaired) electrons.